The first-order chi connectivity index (χ1) is 6.35. The third kappa shape index (κ3) is 8.27. The molecule has 0 N–H and O–H groups in total. The topological polar surface area (TPSA) is 0 Å². The Balaban J connectivity index is 3.05. The van der Waals surface area contributed by atoms with E-state index in [9.17, 15) is 4.39 Å². The van der Waals surface area contributed by atoms with Gasteiger partial charge in [0.2, 0.25) is 0 Å². The Morgan fingerprint density at radius 3 is 2.08 bits per heavy atom. The summed E-state index contributed by atoms with van der Waals surface area (Å²) in [5.41, 5.74) is 0. The molecule has 0 aromatic heterocycles. The third-order valence-electron chi connectivity index (χ3n) is 2.76. The van der Waals surface area contributed by atoms with Gasteiger partial charge < -0.3 is 0 Å². The van der Waals surface area contributed by atoms with Crippen LogP contribution in [0.1, 0.15) is 65.2 Å². The minimum Gasteiger partial charge on any atom is -0.251 e. The van der Waals surface area contributed by atoms with E-state index < -0.39 is 0 Å². The van der Waals surface area contributed by atoms with Gasteiger partial charge in [0.25, 0.3) is 0 Å². The van der Waals surface area contributed by atoms with Gasteiger partial charge in [0, 0.05) is 0 Å². The van der Waals surface area contributed by atoms with Gasteiger partial charge in [-0.05, 0) is 12.3 Å². The molecule has 0 nitrogen and oxygen atoms in total. The Morgan fingerprint density at radius 2 is 1.54 bits per heavy atom. The van der Waals surface area contributed by atoms with E-state index in [1.807, 2.05) is 0 Å². The standard InChI is InChI=1S/C12H25F/c1-3-5-6-7-8-9-10-12(4-2)11-13/h12H,3-11H2,1-2H3. The van der Waals surface area contributed by atoms with E-state index in [0.29, 0.717) is 5.92 Å². The Kier molecular flexibility index (Phi) is 9.96. The highest BCUT2D eigenvalue weighted by molar-refractivity contribution is 4.55. The summed E-state index contributed by atoms with van der Waals surface area (Å²) in [6, 6.07) is 0. The summed E-state index contributed by atoms with van der Waals surface area (Å²) in [5, 5.41) is 0. The molecular formula is C12H25F. The van der Waals surface area contributed by atoms with Crippen molar-refractivity contribution < 1.29 is 4.39 Å². The summed E-state index contributed by atoms with van der Waals surface area (Å²) in [5.74, 6) is 0.339. The first-order valence-electron chi connectivity index (χ1n) is 5.91. The normalized spacial score (nSPS) is 13.2. The number of alkyl halides is 1. The van der Waals surface area contributed by atoms with E-state index in [0.717, 1.165) is 12.8 Å². The minimum atomic E-state index is -0.120. The molecule has 0 rings (SSSR count). The predicted octanol–water partition coefficient (Wildman–Crippen LogP) is 4.73. The van der Waals surface area contributed by atoms with Gasteiger partial charge >= 0.3 is 0 Å². The van der Waals surface area contributed by atoms with Gasteiger partial charge in [0.15, 0.2) is 0 Å². The molecule has 0 heterocycles. The molecule has 0 bridgehead atoms. The highest BCUT2D eigenvalue weighted by Gasteiger charge is 2.04. The van der Waals surface area contributed by atoms with Gasteiger partial charge in [-0.25, -0.2) is 0 Å². The van der Waals surface area contributed by atoms with Crippen molar-refractivity contribution in [3.63, 3.8) is 0 Å². The summed E-state index contributed by atoms with van der Waals surface area (Å²) >= 11 is 0. The van der Waals surface area contributed by atoms with Crippen LogP contribution in [0.4, 0.5) is 4.39 Å². The van der Waals surface area contributed by atoms with Crippen LogP contribution in [0.25, 0.3) is 0 Å². The van der Waals surface area contributed by atoms with Crippen molar-refractivity contribution in [3.8, 4) is 0 Å². The lowest BCUT2D eigenvalue weighted by molar-refractivity contribution is 0.326. The average molecular weight is 188 g/mol. The van der Waals surface area contributed by atoms with Gasteiger partial charge in [-0.1, -0.05) is 58.8 Å². The van der Waals surface area contributed by atoms with E-state index in [-0.39, 0.29) is 6.67 Å². The predicted molar refractivity (Wildman–Crippen MR) is 57.7 cm³/mol. The molecule has 13 heavy (non-hydrogen) atoms. The molecule has 0 fully saturated rings. The summed E-state index contributed by atoms with van der Waals surface area (Å²) in [6.07, 6.45) is 10.0. The van der Waals surface area contributed by atoms with E-state index in [1.165, 1.54) is 38.5 Å². The SMILES string of the molecule is CCCCCCCCC(CC)CF. The first-order valence-corrected chi connectivity index (χ1v) is 5.91. The monoisotopic (exact) mass is 188 g/mol. The second-order valence-electron chi connectivity index (χ2n) is 3.99. The molecule has 0 aliphatic rings. The number of unbranched alkanes of at least 4 members (excludes halogenated alkanes) is 5. The number of hydrogen-bond donors (Lipinski definition) is 0. The Labute approximate surface area is 82.9 Å². The quantitative estimate of drug-likeness (QED) is 0.459. The lowest BCUT2D eigenvalue weighted by atomic mass is 9.99. The maximum Gasteiger partial charge on any atom is 0.0922 e. The smallest absolute Gasteiger partial charge is 0.0922 e. The number of rotatable bonds is 9. The third-order valence-corrected chi connectivity index (χ3v) is 2.76. The van der Waals surface area contributed by atoms with Crippen LogP contribution in [0, 0.1) is 5.92 Å². The molecule has 0 saturated heterocycles. The van der Waals surface area contributed by atoms with Crippen molar-refractivity contribution in [2.45, 2.75) is 65.2 Å². The molecule has 1 heteroatoms. The van der Waals surface area contributed by atoms with Crippen LogP contribution < -0.4 is 0 Å². The summed E-state index contributed by atoms with van der Waals surface area (Å²) in [6.45, 7) is 4.20. The molecule has 0 aromatic rings. The molecule has 0 spiro atoms. The molecule has 0 aliphatic heterocycles. The summed E-state index contributed by atoms with van der Waals surface area (Å²) in [4.78, 5) is 0. The fourth-order valence-electron chi connectivity index (χ4n) is 1.60. The van der Waals surface area contributed by atoms with Crippen molar-refractivity contribution in [1.82, 2.24) is 0 Å². The van der Waals surface area contributed by atoms with E-state index in [4.69, 9.17) is 0 Å². The molecule has 1 unspecified atom stereocenters. The first kappa shape index (κ1) is 12.9. The van der Waals surface area contributed by atoms with Crippen LogP contribution in [0.5, 0.6) is 0 Å². The zero-order chi connectivity index (χ0) is 9.94. The van der Waals surface area contributed by atoms with Gasteiger partial charge in [0.1, 0.15) is 0 Å². The minimum absolute atomic E-state index is 0.120. The highest BCUT2D eigenvalue weighted by atomic mass is 19.1. The van der Waals surface area contributed by atoms with E-state index >= 15 is 0 Å². The van der Waals surface area contributed by atoms with Gasteiger partial charge in [-0.2, -0.15) is 0 Å². The van der Waals surface area contributed by atoms with Crippen molar-refractivity contribution >= 4 is 0 Å². The molecule has 1 atom stereocenters. The molecule has 0 aliphatic carbocycles. The van der Waals surface area contributed by atoms with Crippen molar-refractivity contribution in [2.24, 2.45) is 5.92 Å². The lowest BCUT2D eigenvalue weighted by Gasteiger charge is -2.09. The zero-order valence-electron chi connectivity index (χ0n) is 9.32. The van der Waals surface area contributed by atoms with Crippen molar-refractivity contribution in [1.29, 1.82) is 0 Å². The molecule has 0 aromatic carbocycles. The Bertz CT molecular complexity index is 87.1. The largest absolute Gasteiger partial charge is 0.251 e. The van der Waals surface area contributed by atoms with Crippen molar-refractivity contribution in [3.05, 3.63) is 0 Å². The molecular weight excluding hydrogens is 163 g/mol. The van der Waals surface area contributed by atoms with Crippen LogP contribution in [0.15, 0.2) is 0 Å². The second-order valence-corrected chi connectivity index (χ2v) is 3.99. The lowest BCUT2D eigenvalue weighted by Crippen LogP contribution is -2.00. The molecule has 0 radical (unpaired) electrons. The van der Waals surface area contributed by atoms with Crippen LogP contribution in [-0.4, -0.2) is 6.67 Å². The van der Waals surface area contributed by atoms with E-state index in [2.05, 4.69) is 13.8 Å². The fraction of sp³-hybridized carbons (Fsp3) is 1.00. The molecule has 0 amide bonds. The molecule has 80 valence electrons. The maximum absolute atomic E-state index is 12.3. The fourth-order valence-corrected chi connectivity index (χ4v) is 1.60. The summed E-state index contributed by atoms with van der Waals surface area (Å²) < 4.78 is 12.3. The Hall–Kier alpha value is -0.0700. The Morgan fingerprint density at radius 1 is 0.923 bits per heavy atom. The zero-order valence-corrected chi connectivity index (χ0v) is 9.32. The maximum atomic E-state index is 12.3. The van der Waals surface area contributed by atoms with Gasteiger partial charge in [-0.15, -0.1) is 0 Å². The van der Waals surface area contributed by atoms with Crippen LogP contribution in [0.2, 0.25) is 0 Å². The van der Waals surface area contributed by atoms with Gasteiger partial charge in [0.05, 0.1) is 6.67 Å². The van der Waals surface area contributed by atoms with Gasteiger partial charge in [-0.3, -0.25) is 4.39 Å². The average Bonchev–Trinajstić information content (AvgIpc) is 2.17. The van der Waals surface area contributed by atoms with Crippen LogP contribution in [-0.2, 0) is 0 Å². The number of hydrogen-bond acceptors (Lipinski definition) is 0. The summed E-state index contributed by atoms with van der Waals surface area (Å²) in [7, 11) is 0. The second kappa shape index (κ2) is 10.0. The van der Waals surface area contributed by atoms with E-state index in [1.54, 1.807) is 0 Å². The molecule has 0 saturated carbocycles. The highest BCUT2D eigenvalue weighted by Crippen LogP contribution is 2.15. The van der Waals surface area contributed by atoms with Crippen molar-refractivity contribution in [2.75, 3.05) is 6.67 Å². The van der Waals surface area contributed by atoms with Crippen LogP contribution in [0.3, 0.4) is 0 Å². The van der Waals surface area contributed by atoms with Crippen LogP contribution >= 0.6 is 0 Å². The number of halogens is 1.